The zero-order valence-corrected chi connectivity index (χ0v) is 17.2. The topological polar surface area (TPSA) is 73.1 Å². The number of aromatic nitrogens is 2. The lowest BCUT2D eigenvalue weighted by Crippen LogP contribution is -2.23. The number of carbonyl (C=O) groups excluding carboxylic acids is 2. The number of hydrogen-bond donors (Lipinski definition) is 1. The average molecular weight is 391 g/mol. The number of para-hydroxylation sites is 1. The maximum Gasteiger partial charge on any atom is 0.295 e. The van der Waals surface area contributed by atoms with Crippen molar-refractivity contribution < 1.29 is 9.59 Å². The summed E-state index contributed by atoms with van der Waals surface area (Å²) in [5.74, 6) is -0.428. The first-order valence-electron chi connectivity index (χ1n) is 9.54. The molecule has 1 heterocycles. The fourth-order valence-corrected chi connectivity index (χ4v) is 3.31. The summed E-state index contributed by atoms with van der Waals surface area (Å²) in [7, 11) is 1.77. The van der Waals surface area contributed by atoms with Crippen LogP contribution in [0.15, 0.2) is 53.3 Å². The number of nitrogens with one attached hydrogen (secondary N) is 1. The van der Waals surface area contributed by atoms with Crippen LogP contribution in [0.3, 0.4) is 0 Å². The molecule has 3 aromatic rings. The average Bonchev–Trinajstić information content (AvgIpc) is 2.92. The second-order valence-electron chi connectivity index (χ2n) is 7.23. The van der Waals surface area contributed by atoms with Crippen LogP contribution in [0.4, 0.5) is 5.69 Å². The fraction of sp³-hybridized carbons (Fsp3) is 0.261. The van der Waals surface area contributed by atoms with Crippen LogP contribution in [0.5, 0.6) is 0 Å². The monoisotopic (exact) mass is 391 g/mol. The SMILES string of the molecule is Cc1ccc(C)c(C(=O)CCC(=O)Nc2c(C)n(C)n(-c3ccccc3)c2=O)c1. The molecular weight excluding hydrogens is 366 g/mol. The van der Waals surface area contributed by atoms with Crippen LogP contribution >= 0.6 is 0 Å². The highest BCUT2D eigenvalue weighted by atomic mass is 16.2. The van der Waals surface area contributed by atoms with Gasteiger partial charge >= 0.3 is 0 Å². The summed E-state index contributed by atoms with van der Waals surface area (Å²) in [6, 6.07) is 14.9. The van der Waals surface area contributed by atoms with Gasteiger partial charge in [0.05, 0.1) is 11.4 Å². The Bertz CT molecular complexity index is 1120. The second-order valence-corrected chi connectivity index (χ2v) is 7.23. The van der Waals surface area contributed by atoms with Crippen LogP contribution in [0.1, 0.15) is 40.0 Å². The number of benzene rings is 2. The van der Waals surface area contributed by atoms with Gasteiger partial charge in [-0.3, -0.25) is 19.1 Å². The molecule has 0 saturated heterocycles. The summed E-state index contributed by atoms with van der Waals surface area (Å²) >= 11 is 0. The summed E-state index contributed by atoms with van der Waals surface area (Å²) in [6.07, 6.45) is 0.111. The first-order chi connectivity index (χ1) is 13.8. The molecule has 150 valence electrons. The first-order valence-corrected chi connectivity index (χ1v) is 9.54. The molecule has 2 aromatic carbocycles. The smallest absolute Gasteiger partial charge is 0.295 e. The molecule has 6 nitrogen and oxygen atoms in total. The van der Waals surface area contributed by atoms with Gasteiger partial charge in [0.25, 0.3) is 5.56 Å². The molecule has 0 unspecified atom stereocenters. The molecule has 0 saturated carbocycles. The van der Waals surface area contributed by atoms with E-state index in [0.717, 1.165) is 11.1 Å². The van der Waals surface area contributed by atoms with Crippen molar-refractivity contribution in [3.63, 3.8) is 0 Å². The minimum atomic E-state index is -0.352. The van der Waals surface area contributed by atoms with Crippen molar-refractivity contribution >= 4 is 17.4 Å². The molecule has 0 spiro atoms. The van der Waals surface area contributed by atoms with Gasteiger partial charge in [0, 0.05) is 25.5 Å². The van der Waals surface area contributed by atoms with Crippen LogP contribution < -0.4 is 10.9 Å². The zero-order chi connectivity index (χ0) is 21.1. The molecule has 1 amide bonds. The summed E-state index contributed by atoms with van der Waals surface area (Å²) in [4.78, 5) is 37.8. The summed E-state index contributed by atoms with van der Waals surface area (Å²) in [5.41, 5.74) is 3.84. The molecule has 1 N–H and O–H groups in total. The van der Waals surface area contributed by atoms with Crippen molar-refractivity contribution in [2.24, 2.45) is 7.05 Å². The van der Waals surface area contributed by atoms with Crippen LogP contribution in [0.25, 0.3) is 5.69 Å². The van der Waals surface area contributed by atoms with Crippen LogP contribution in [0, 0.1) is 20.8 Å². The molecule has 0 bridgehead atoms. The summed E-state index contributed by atoms with van der Waals surface area (Å²) < 4.78 is 3.21. The molecule has 0 aliphatic heterocycles. The lowest BCUT2D eigenvalue weighted by atomic mass is 9.99. The van der Waals surface area contributed by atoms with Crippen molar-refractivity contribution in [1.82, 2.24) is 9.36 Å². The number of hydrogen-bond acceptors (Lipinski definition) is 3. The molecule has 29 heavy (non-hydrogen) atoms. The molecule has 0 atom stereocenters. The standard InChI is InChI=1S/C23H25N3O3/c1-15-10-11-16(2)19(14-15)20(27)12-13-21(28)24-22-17(3)25(4)26(23(22)29)18-8-6-5-7-9-18/h5-11,14H,12-13H2,1-4H3,(H,24,28). The lowest BCUT2D eigenvalue weighted by molar-refractivity contribution is -0.116. The van der Waals surface area contributed by atoms with Crippen LogP contribution in [0.2, 0.25) is 0 Å². The number of nitrogens with zero attached hydrogens (tertiary/aromatic N) is 2. The summed E-state index contributed by atoms with van der Waals surface area (Å²) in [5, 5.41) is 2.70. The van der Waals surface area contributed by atoms with E-state index in [4.69, 9.17) is 0 Å². The second kappa shape index (κ2) is 8.31. The van der Waals surface area contributed by atoms with Gasteiger partial charge in [-0.1, -0.05) is 35.9 Å². The van der Waals surface area contributed by atoms with Crippen molar-refractivity contribution in [1.29, 1.82) is 0 Å². The van der Waals surface area contributed by atoms with E-state index in [0.29, 0.717) is 16.9 Å². The van der Waals surface area contributed by atoms with E-state index in [9.17, 15) is 14.4 Å². The van der Waals surface area contributed by atoms with Gasteiger partial charge < -0.3 is 5.32 Å². The Morgan fingerprint density at radius 1 is 0.966 bits per heavy atom. The number of anilines is 1. The van der Waals surface area contributed by atoms with Gasteiger partial charge in [0.2, 0.25) is 5.91 Å². The van der Waals surface area contributed by atoms with Gasteiger partial charge in [-0.2, -0.15) is 0 Å². The molecule has 0 fully saturated rings. The lowest BCUT2D eigenvalue weighted by Gasteiger charge is -2.07. The molecular formula is C23H25N3O3. The maximum atomic E-state index is 12.8. The number of carbonyl (C=O) groups is 2. The highest BCUT2D eigenvalue weighted by Gasteiger charge is 2.19. The first kappa shape index (κ1) is 20.3. The van der Waals surface area contributed by atoms with Crippen LogP contribution in [-0.2, 0) is 11.8 Å². The predicted molar refractivity (Wildman–Crippen MR) is 114 cm³/mol. The number of amides is 1. The van der Waals surface area contributed by atoms with Gasteiger partial charge in [0.1, 0.15) is 5.69 Å². The molecule has 0 radical (unpaired) electrons. The van der Waals surface area contributed by atoms with Crippen LogP contribution in [-0.4, -0.2) is 21.1 Å². The largest absolute Gasteiger partial charge is 0.320 e. The highest BCUT2D eigenvalue weighted by Crippen LogP contribution is 2.16. The van der Waals surface area contributed by atoms with Gasteiger partial charge in [0.15, 0.2) is 5.78 Å². The quantitative estimate of drug-likeness (QED) is 0.651. The van der Waals surface area contributed by atoms with E-state index in [1.807, 2.05) is 62.4 Å². The van der Waals surface area contributed by atoms with Gasteiger partial charge in [-0.05, 0) is 44.5 Å². The summed E-state index contributed by atoms with van der Waals surface area (Å²) in [6.45, 7) is 5.59. The Kier molecular flexibility index (Phi) is 5.82. The Balaban J connectivity index is 1.74. The van der Waals surface area contributed by atoms with E-state index in [1.165, 1.54) is 4.68 Å². The van der Waals surface area contributed by atoms with Crippen molar-refractivity contribution in [3.8, 4) is 5.69 Å². The van der Waals surface area contributed by atoms with Crippen molar-refractivity contribution in [2.75, 3.05) is 5.32 Å². The highest BCUT2D eigenvalue weighted by molar-refractivity contribution is 6.01. The third-order valence-electron chi connectivity index (χ3n) is 5.09. The molecule has 3 rings (SSSR count). The van der Waals surface area contributed by atoms with E-state index in [2.05, 4.69) is 5.32 Å². The van der Waals surface area contributed by atoms with E-state index < -0.39 is 0 Å². The number of ketones is 1. The Morgan fingerprint density at radius 2 is 1.66 bits per heavy atom. The minimum absolute atomic E-state index is 0.0192. The van der Waals surface area contributed by atoms with E-state index in [-0.39, 0.29) is 35.8 Å². The van der Waals surface area contributed by atoms with Gasteiger partial charge in [-0.25, -0.2) is 4.68 Å². The fourth-order valence-electron chi connectivity index (χ4n) is 3.31. The molecule has 0 aliphatic carbocycles. The third kappa shape index (κ3) is 4.21. The predicted octanol–water partition coefficient (Wildman–Crippen LogP) is 3.70. The van der Waals surface area contributed by atoms with Crippen molar-refractivity contribution in [2.45, 2.75) is 33.6 Å². The molecule has 0 aliphatic rings. The zero-order valence-electron chi connectivity index (χ0n) is 17.2. The van der Waals surface area contributed by atoms with Crippen molar-refractivity contribution in [3.05, 3.63) is 81.3 Å². The Morgan fingerprint density at radius 3 is 2.34 bits per heavy atom. The molecule has 1 aromatic heterocycles. The van der Waals surface area contributed by atoms with E-state index in [1.54, 1.807) is 18.7 Å². The Labute approximate surface area is 169 Å². The number of Topliss-reactive ketones (excluding diaryl/α,β-unsaturated/α-hetero) is 1. The number of aryl methyl sites for hydroxylation is 2. The third-order valence-corrected chi connectivity index (χ3v) is 5.09. The minimum Gasteiger partial charge on any atom is -0.320 e. The van der Waals surface area contributed by atoms with Gasteiger partial charge in [-0.15, -0.1) is 0 Å². The van der Waals surface area contributed by atoms with E-state index >= 15 is 0 Å². The number of rotatable bonds is 6. The molecule has 6 heteroatoms. The maximum absolute atomic E-state index is 12.8. The Hall–Kier alpha value is -3.41. The normalized spacial score (nSPS) is 10.8.